The van der Waals surface area contributed by atoms with Crippen LogP contribution in [0.5, 0.6) is 0 Å². The minimum absolute atomic E-state index is 0.170. The number of hydrogen-bond acceptors (Lipinski definition) is 6. The molecule has 1 atom stereocenters. The molecular weight excluding hydrogens is 310 g/mol. The fourth-order valence-corrected chi connectivity index (χ4v) is 2.79. The quantitative estimate of drug-likeness (QED) is 0.868. The summed E-state index contributed by atoms with van der Waals surface area (Å²) in [5.74, 6) is 1.94. The van der Waals surface area contributed by atoms with Crippen molar-refractivity contribution in [3.05, 3.63) is 29.4 Å². The fraction of sp³-hybridized carbons (Fsp3) is 0.625. The molecule has 1 amide bonds. The van der Waals surface area contributed by atoms with Gasteiger partial charge in [0.2, 0.25) is 5.89 Å². The topological polar surface area (TPSA) is 106 Å². The maximum atomic E-state index is 12.5. The summed E-state index contributed by atoms with van der Waals surface area (Å²) in [6.07, 6.45) is 3.21. The highest BCUT2D eigenvalue weighted by Gasteiger charge is 2.32. The number of hydrogen-bond donors (Lipinski definition) is 2. The third-order valence-electron chi connectivity index (χ3n) is 4.21. The molecule has 130 valence electrons. The third-order valence-corrected chi connectivity index (χ3v) is 4.21. The SMILES string of the molecule is Cc1ncc(C(=O)N[C@H](c2nc(C(C)C)no2)C2CCOCC2)[nH]1. The Morgan fingerprint density at radius 1 is 1.38 bits per heavy atom. The predicted octanol–water partition coefficient (Wildman–Crippen LogP) is 2.12. The summed E-state index contributed by atoms with van der Waals surface area (Å²) in [6, 6.07) is -0.329. The summed E-state index contributed by atoms with van der Waals surface area (Å²) < 4.78 is 10.9. The number of H-pyrrole nitrogens is 1. The van der Waals surface area contributed by atoms with E-state index in [9.17, 15) is 4.79 Å². The van der Waals surface area contributed by atoms with Crippen LogP contribution in [0, 0.1) is 12.8 Å². The lowest BCUT2D eigenvalue weighted by Crippen LogP contribution is -2.36. The van der Waals surface area contributed by atoms with Crippen molar-refractivity contribution < 1.29 is 14.1 Å². The summed E-state index contributed by atoms with van der Waals surface area (Å²) in [7, 11) is 0. The van der Waals surface area contributed by atoms with Crippen LogP contribution in [0.2, 0.25) is 0 Å². The van der Waals surface area contributed by atoms with Gasteiger partial charge in [0.15, 0.2) is 5.82 Å². The summed E-state index contributed by atoms with van der Waals surface area (Å²) >= 11 is 0. The van der Waals surface area contributed by atoms with Crippen LogP contribution in [0.3, 0.4) is 0 Å². The summed E-state index contributed by atoms with van der Waals surface area (Å²) in [6.45, 7) is 7.16. The van der Waals surface area contributed by atoms with Crippen LogP contribution in [0.15, 0.2) is 10.7 Å². The van der Waals surface area contributed by atoms with E-state index in [1.807, 2.05) is 13.8 Å². The fourth-order valence-electron chi connectivity index (χ4n) is 2.79. The summed E-state index contributed by atoms with van der Waals surface area (Å²) in [5, 5.41) is 7.05. The first-order valence-electron chi connectivity index (χ1n) is 8.28. The maximum absolute atomic E-state index is 12.5. The number of carbonyl (C=O) groups excluding carboxylic acids is 1. The van der Waals surface area contributed by atoms with Crippen molar-refractivity contribution in [1.82, 2.24) is 25.4 Å². The van der Waals surface area contributed by atoms with Gasteiger partial charge in [-0.3, -0.25) is 4.79 Å². The zero-order valence-electron chi connectivity index (χ0n) is 14.2. The first-order chi connectivity index (χ1) is 11.5. The van der Waals surface area contributed by atoms with Gasteiger partial charge in [-0.1, -0.05) is 19.0 Å². The number of nitrogens with one attached hydrogen (secondary N) is 2. The molecule has 1 fully saturated rings. The summed E-state index contributed by atoms with van der Waals surface area (Å²) in [4.78, 5) is 24.0. The van der Waals surface area contributed by atoms with Gasteiger partial charge in [0.25, 0.3) is 5.91 Å². The normalized spacial score (nSPS) is 17.2. The lowest BCUT2D eigenvalue weighted by molar-refractivity contribution is 0.0467. The van der Waals surface area contributed by atoms with Crippen molar-refractivity contribution in [2.75, 3.05) is 13.2 Å². The molecule has 1 aliphatic rings. The van der Waals surface area contributed by atoms with Gasteiger partial charge in [0, 0.05) is 19.1 Å². The van der Waals surface area contributed by atoms with E-state index in [-0.39, 0.29) is 23.8 Å². The zero-order chi connectivity index (χ0) is 17.1. The number of nitrogens with zero attached hydrogens (tertiary/aromatic N) is 3. The molecule has 0 bridgehead atoms. The number of imidazole rings is 1. The van der Waals surface area contributed by atoms with Gasteiger partial charge in [-0.15, -0.1) is 0 Å². The Morgan fingerprint density at radius 2 is 2.12 bits per heavy atom. The molecule has 0 spiro atoms. The van der Waals surface area contributed by atoms with E-state index in [4.69, 9.17) is 9.26 Å². The van der Waals surface area contributed by atoms with Gasteiger partial charge in [-0.25, -0.2) is 4.98 Å². The Labute approximate surface area is 140 Å². The summed E-state index contributed by atoms with van der Waals surface area (Å²) in [5.41, 5.74) is 0.424. The van der Waals surface area contributed by atoms with Gasteiger partial charge in [0.05, 0.1) is 6.20 Å². The van der Waals surface area contributed by atoms with Gasteiger partial charge in [-0.05, 0) is 25.7 Å². The van der Waals surface area contributed by atoms with Gasteiger partial charge in [0.1, 0.15) is 17.6 Å². The monoisotopic (exact) mass is 333 g/mol. The number of aryl methyl sites for hydroxylation is 1. The van der Waals surface area contributed by atoms with E-state index < -0.39 is 0 Å². The number of carbonyl (C=O) groups is 1. The zero-order valence-corrected chi connectivity index (χ0v) is 14.2. The minimum atomic E-state index is -0.329. The van der Waals surface area contributed by atoms with Crippen molar-refractivity contribution in [3.8, 4) is 0 Å². The number of aromatic amines is 1. The maximum Gasteiger partial charge on any atom is 0.270 e. The van der Waals surface area contributed by atoms with E-state index in [1.54, 1.807) is 6.92 Å². The second kappa shape index (κ2) is 7.12. The lowest BCUT2D eigenvalue weighted by atomic mass is 9.91. The van der Waals surface area contributed by atoms with E-state index in [2.05, 4.69) is 25.4 Å². The Hall–Kier alpha value is -2.22. The van der Waals surface area contributed by atoms with E-state index in [0.29, 0.717) is 36.4 Å². The molecule has 2 aromatic rings. The number of aromatic nitrogens is 4. The van der Waals surface area contributed by atoms with Crippen molar-refractivity contribution in [2.45, 2.75) is 45.6 Å². The van der Waals surface area contributed by atoms with Crippen LogP contribution in [-0.2, 0) is 4.74 Å². The van der Waals surface area contributed by atoms with Gasteiger partial charge < -0.3 is 19.6 Å². The van der Waals surface area contributed by atoms with Crippen LogP contribution in [0.1, 0.15) is 66.7 Å². The molecule has 3 heterocycles. The van der Waals surface area contributed by atoms with Crippen molar-refractivity contribution >= 4 is 5.91 Å². The molecular formula is C16H23N5O3. The first-order valence-corrected chi connectivity index (χ1v) is 8.28. The number of ether oxygens (including phenoxy) is 1. The minimum Gasteiger partial charge on any atom is -0.381 e. The molecule has 1 saturated heterocycles. The standard InChI is InChI=1S/C16H23N5O3/c1-9(2)14-20-16(24-21-14)13(11-4-6-23-7-5-11)19-15(22)12-8-17-10(3)18-12/h8-9,11,13H,4-7H2,1-3H3,(H,17,18)(H,19,22)/t13-/m0/s1. The van der Waals surface area contributed by atoms with Crippen LogP contribution >= 0.6 is 0 Å². The number of amides is 1. The first kappa shape index (κ1) is 16.6. The largest absolute Gasteiger partial charge is 0.381 e. The second-order valence-electron chi connectivity index (χ2n) is 6.43. The molecule has 8 heteroatoms. The Balaban J connectivity index is 1.82. The van der Waals surface area contributed by atoms with Crippen molar-refractivity contribution in [2.24, 2.45) is 5.92 Å². The molecule has 2 aromatic heterocycles. The van der Waals surface area contributed by atoms with E-state index >= 15 is 0 Å². The highest BCUT2D eigenvalue weighted by atomic mass is 16.5. The molecule has 0 radical (unpaired) electrons. The predicted molar refractivity (Wildman–Crippen MR) is 85.5 cm³/mol. The van der Waals surface area contributed by atoms with Crippen LogP contribution in [0.4, 0.5) is 0 Å². The average Bonchev–Trinajstić information content (AvgIpc) is 3.22. The second-order valence-corrected chi connectivity index (χ2v) is 6.43. The molecule has 2 N–H and O–H groups in total. The van der Waals surface area contributed by atoms with Crippen LogP contribution in [-0.4, -0.2) is 39.2 Å². The van der Waals surface area contributed by atoms with Crippen LogP contribution in [0.25, 0.3) is 0 Å². The van der Waals surface area contributed by atoms with Crippen LogP contribution < -0.4 is 5.32 Å². The molecule has 1 aliphatic heterocycles. The molecule has 0 aliphatic carbocycles. The Kier molecular flexibility index (Phi) is 4.94. The van der Waals surface area contributed by atoms with Gasteiger partial charge in [-0.2, -0.15) is 4.98 Å². The molecule has 0 saturated carbocycles. The molecule has 3 rings (SSSR count). The molecule has 0 unspecified atom stereocenters. The Bertz CT molecular complexity index is 687. The van der Waals surface area contributed by atoms with Crippen molar-refractivity contribution in [1.29, 1.82) is 0 Å². The van der Waals surface area contributed by atoms with Gasteiger partial charge >= 0.3 is 0 Å². The molecule has 0 aromatic carbocycles. The number of rotatable bonds is 5. The van der Waals surface area contributed by atoms with Crippen molar-refractivity contribution in [3.63, 3.8) is 0 Å². The Morgan fingerprint density at radius 3 is 2.71 bits per heavy atom. The van der Waals surface area contributed by atoms with E-state index in [0.717, 1.165) is 12.8 Å². The average molecular weight is 333 g/mol. The highest BCUT2D eigenvalue weighted by Crippen LogP contribution is 2.30. The molecule has 24 heavy (non-hydrogen) atoms. The smallest absolute Gasteiger partial charge is 0.270 e. The highest BCUT2D eigenvalue weighted by molar-refractivity contribution is 5.92. The third kappa shape index (κ3) is 3.64. The lowest BCUT2D eigenvalue weighted by Gasteiger charge is -2.28. The molecule has 8 nitrogen and oxygen atoms in total. The van der Waals surface area contributed by atoms with E-state index in [1.165, 1.54) is 6.20 Å².